The van der Waals surface area contributed by atoms with Crippen LogP contribution in [0.25, 0.3) is 11.1 Å². The summed E-state index contributed by atoms with van der Waals surface area (Å²) >= 11 is 0. The third-order valence-corrected chi connectivity index (χ3v) is 2.47. The second-order valence-corrected chi connectivity index (χ2v) is 3.68. The van der Waals surface area contributed by atoms with Crippen LogP contribution in [0.4, 0.5) is 8.78 Å². The molecular weight excluding hydrogens is 224 g/mol. The van der Waals surface area contributed by atoms with Crippen LogP contribution >= 0.6 is 0 Å². The number of hydrogen-bond acceptors (Lipinski definition) is 2. The largest absolute Gasteiger partial charge is 0.298 e. The second kappa shape index (κ2) is 4.41. The lowest BCUT2D eigenvalue weighted by Gasteiger charge is -2.07. The summed E-state index contributed by atoms with van der Waals surface area (Å²) in [5, 5.41) is 0. The van der Waals surface area contributed by atoms with Crippen molar-refractivity contribution in [3.05, 3.63) is 53.4 Å². The molecule has 0 N–H and O–H groups in total. The van der Waals surface area contributed by atoms with Gasteiger partial charge in [-0.05, 0) is 24.6 Å². The smallest absolute Gasteiger partial charge is 0.151 e. The van der Waals surface area contributed by atoms with Crippen molar-refractivity contribution in [2.75, 3.05) is 0 Å². The van der Waals surface area contributed by atoms with Crippen molar-refractivity contribution in [2.45, 2.75) is 6.92 Å². The number of halogens is 2. The fraction of sp³-hybridized carbons (Fsp3) is 0.0769. The molecule has 2 aromatic rings. The van der Waals surface area contributed by atoms with Crippen LogP contribution in [0.2, 0.25) is 0 Å². The van der Waals surface area contributed by atoms with Crippen LogP contribution in [0.15, 0.2) is 30.6 Å². The molecule has 0 saturated heterocycles. The summed E-state index contributed by atoms with van der Waals surface area (Å²) < 4.78 is 27.4. The van der Waals surface area contributed by atoms with Gasteiger partial charge in [0.15, 0.2) is 6.29 Å². The number of aromatic nitrogens is 1. The molecule has 0 radical (unpaired) electrons. The maximum absolute atomic E-state index is 13.8. The van der Waals surface area contributed by atoms with Crippen molar-refractivity contribution in [2.24, 2.45) is 0 Å². The number of rotatable bonds is 2. The Morgan fingerprint density at radius 1 is 1.24 bits per heavy atom. The number of nitrogens with zero attached hydrogens (tertiary/aromatic N) is 1. The van der Waals surface area contributed by atoms with Crippen molar-refractivity contribution in [3.63, 3.8) is 0 Å². The number of aldehydes is 1. The molecule has 0 aliphatic heterocycles. The standard InChI is InChI=1S/C13H9F2NO/c1-8-2-3-11(14)12(13(8)15)10-4-9(7-17)5-16-6-10/h2-7H,1H3. The highest BCUT2D eigenvalue weighted by atomic mass is 19.1. The zero-order chi connectivity index (χ0) is 12.4. The first kappa shape index (κ1) is 11.4. The van der Waals surface area contributed by atoms with E-state index < -0.39 is 11.6 Å². The van der Waals surface area contributed by atoms with E-state index >= 15 is 0 Å². The minimum atomic E-state index is -0.669. The summed E-state index contributed by atoms with van der Waals surface area (Å²) in [6, 6.07) is 3.97. The van der Waals surface area contributed by atoms with Gasteiger partial charge in [-0.15, -0.1) is 0 Å². The number of benzene rings is 1. The lowest BCUT2D eigenvalue weighted by molar-refractivity contribution is 0.112. The van der Waals surface area contributed by atoms with Gasteiger partial charge in [-0.2, -0.15) is 0 Å². The molecule has 0 spiro atoms. The Balaban J connectivity index is 2.67. The molecule has 4 heteroatoms. The Morgan fingerprint density at radius 3 is 2.71 bits per heavy atom. The molecule has 2 rings (SSSR count). The Labute approximate surface area is 96.9 Å². The van der Waals surface area contributed by atoms with Gasteiger partial charge in [0.1, 0.15) is 11.6 Å². The maximum Gasteiger partial charge on any atom is 0.151 e. The molecule has 0 fully saturated rings. The minimum absolute atomic E-state index is 0.152. The van der Waals surface area contributed by atoms with Crippen molar-refractivity contribution in [1.82, 2.24) is 4.98 Å². The highest BCUT2D eigenvalue weighted by Gasteiger charge is 2.14. The minimum Gasteiger partial charge on any atom is -0.298 e. The molecular formula is C13H9F2NO. The third-order valence-electron chi connectivity index (χ3n) is 2.47. The zero-order valence-electron chi connectivity index (χ0n) is 9.08. The molecule has 0 aliphatic rings. The fourth-order valence-electron chi connectivity index (χ4n) is 1.58. The van der Waals surface area contributed by atoms with E-state index in [0.717, 1.165) is 0 Å². The van der Waals surface area contributed by atoms with Crippen molar-refractivity contribution in [3.8, 4) is 11.1 Å². The molecule has 17 heavy (non-hydrogen) atoms. The van der Waals surface area contributed by atoms with Crippen molar-refractivity contribution >= 4 is 6.29 Å². The molecule has 1 aromatic carbocycles. The predicted molar refractivity (Wildman–Crippen MR) is 59.7 cm³/mol. The third kappa shape index (κ3) is 2.06. The molecule has 1 aromatic heterocycles. The number of aryl methyl sites for hydroxylation is 1. The number of carbonyl (C=O) groups excluding carboxylic acids is 1. The van der Waals surface area contributed by atoms with Gasteiger partial charge in [-0.1, -0.05) is 6.07 Å². The number of hydrogen-bond donors (Lipinski definition) is 0. The maximum atomic E-state index is 13.8. The first-order valence-corrected chi connectivity index (χ1v) is 4.98. The molecule has 86 valence electrons. The molecule has 2 nitrogen and oxygen atoms in total. The van der Waals surface area contributed by atoms with Gasteiger partial charge < -0.3 is 0 Å². The molecule has 0 atom stereocenters. The highest BCUT2D eigenvalue weighted by Crippen LogP contribution is 2.27. The van der Waals surface area contributed by atoms with Gasteiger partial charge in [0.25, 0.3) is 0 Å². The van der Waals surface area contributed by atoms with Gasteiger partial charge in [0, 0.05) is 23.5 Å². The van der Waals surface area contributed by atoms with E-state index in [1.165, 1.54) is 30.6 Å². The van der Waals surface area contributed by atoms with Gasteiger partial charge >= 0.3 is 0 Å². The second-order valence-electron chi connectivity index (χ2n) is 3.68. The molecule has 1 heterocycles. The van der Waals surface area contributed by atoms with Crippen LogP contribution in [0, 0.1) is 18.6 Å². The van der Waals surface area contributed by atoms with Gasteiger partial charge in [0.2, 0.25) is 0 Å². The SMILES string of the molecule is Cc1ccc(F)c(-c2cncc(C=O)c2)c1F. The lowest BCUT2D eigenvalue weighted by Crippen LogP contribution is -1.95. The summed E-state index contributed by atoms with van der Waals surface area (Å²) in [4.78, 5) is 14.4. The van der Waals surface area contributed by atoms with Crippen molar-refractivity contribution < 1.29 is 13.6 Å². The summed E-state index contributed by atoms with van der Waals surface area (Å²) in [6.45, 7) is 1.55. The van der Waals surface area contributed by atoms with Gasteiger partial charge in [-0.3, -0.25) is 9.78 Å². The van der Waals surface area contributed by atoms with Crippen LogP contribution in [0.5, 0.6) is 0 Å². The first-order valence-electron chi connectivity index (χ1n) is 4.98. The Morgan fingerprint density at radius 2 is 2.00 bits per heavy atom. The van der Waals surface area contributed by atoms with E-state index in [4.69, 9.17) is 0 Å². The average molecular weight is 233 g/mol. The van der Waals surface area contributed by atoms with Gasteiger partial charge in [0.05, 0.1) is 5.56 Å². The Kier molecular flexibility index (Phi) is 2.95. The highest BCUT2D eigenvalue weighted by molar-refractivity contribution is 5.78. The summed E-state index contributed by atoms with van der Waals surface area (Å²) in [6.07, 6.45) is 3.25. The normalized spacial score (nSPS) is 10.3. The molecule has 0 bridgehead atoms. The van der Waals surface area contributed by atoms with Crippen LogP contribution in [0.1, 0.15) is 15.9 Å². The first-order chi connectivity index (χ1) is 8.13. The summed E-state index contributed by atoms with van der Waals surface area (Å²) in [5.74, 6) is -1.30. The van der Waals surface area contributed by atoms with E-state index in [9.17, 15) is 13.6 Å². The Hall–Kier alpha value is -2.10. The van der Waals surface area contributed by atoms with Crippen LogP contribution in [0.3, 0.4) is 0 Å². The van der Waals surface area contributed by atoms with E-state index in [0.29, 0.717) is 11.8 Å². The van der Waals surface area contributed by atoms with Crippen LogP contribution < -0.4 is 0 Å². The fourth-order valence-corrected chi connectivity index (χ4v) is 1.58. The molecule has 0 unspecified atom stereocenters. The summed E-state index contributed by atoms with van der Waals surface area (Å²) in [5.41, 5.74) is 0.732. The summed E-state index contributed by atoms with van der Waals surface area (Å²) in [7, 11) is 0. The predicted octanol–water partition coefficient (Wildman–Crippen LogP) is 3.15. The van der Waals surface area contributed by atoms with E-state index in [2.05, 4.69) is 4.98 Å². The van der Waals surface area contributed by atoms with Gasteiger partial charge in [-0.25, -0.2) is 8.78 Å². The van der Waals surface area contributed by atoms with E-state index in [-0.39, 0.29) is 16.7 Å². The quantitative estimate of drug-likeness (QED) is 0.746. The zero-order valence-corrected chi connectivity index (χ0v) is 9.08. The molecule has 0 aliphatic carbocycles. The molecule has 0 saturated carbocycles. The monoisotopic (exact) mass is 233 g/mol. The molecule has 0 amide bonds. The van der Waals surface area contributed by atoms with Crippen LogP contribution in [-0.4, -0.2) is 11.3 Å². The lowest BCUT2D eigenvalue weighted by atomic mass is 10.0. The van der Waals surface area contributed by atoms with Crippen molar-refractivity contribution in [1.29, 1.82) is 0 Å². The Bertz CT molecular complexity index is 582. The topological polar surface area (TPSA) is 30.0 Å². The van der Waals surface area contributed by atoms with Crippen LogP contribution in [-0.2, 0) is 0 Å². The van der Waals surface area contributed by atoms with E-state index in [1.54, 1.807) is 6.92 Å². The average Bonchev–Trinajstić information content (AvgIpc) is 2.35. The number of carbonyl (C=O) groups is 1. The number of pyridine rings is 1. The van der Waals surface area contributed by atoms with E-state index in [1.807, 2.05) is 0 Å².